The Balaban J connectivity index is 1.85. The largest absolute Gasteiger partial charge is 0.450 e. The summed E-state index contributed by atoms with van der Waals surface area (Å²) in [4.78, 5) is 0.357. The van der Waals surface area contributed by atoms with Gasteiger partial charge in [0.15, 0.2) is 0 Å². The molecule has 20 heavy (non-hydrogen) atoms. The zero-order valence-corrected chi connectivity index (χ0v) is 10.6. The van der Waals surface area contributed by atoms with Crippen molar-refractivity contribution < 1.29 is 14.3 Å². The van der Waals surface area contributed by atoms with Crippen LogP contribution >= 0.6 is 0 Å². The minimum absolute atomic E-state index is 0.190. The Morgan fingerprint density at radius 3 is 2.35 bits per heavy atom. The van der Waals surface area contributed by atoms with Crippen LogP contribution in [-0.2, 0) is 6.61 Å². The van der Waals surface area contributed by atoms with Gasteiger partial charge in [0.1, 0.15) is 6.61 Å². The molecule has 100 valence electrons. The van der Waals surface area contributed by atoms with Gasteiger partial charge in [0.25, 0.3) is 5.69 Å². The lowest BCUT2D eigenvalue weighted by Crippen LogP contribution is -2.25. The van der Waals surface area contributed by atoms with E-state index in [1.54, 1.807) is 12.1 Å². The zero-order valence-electron chi connectivity index (χ0n) is 10.6. The summed E-state index contributed by atoms with van der Waals surface area (Å²) < 4.78 is 10.2. The van der Waals surface area contributed by atoms with Gasteiger partial charge in [0, 0.05) is 5.56 Å². The highest BCUT2D eigenvalue weighted by atomic mass is 16.8. The average Bonchev–Trinajstić information content (AvgIpc) is 2.88. The number of ether oxygens (including phenoxy) is 1. The van der Waals surface area contributed by atoms with Crippen LogP contribution < -0.4 is 9.64 Å². The maximum Gasteiger partial charge on any atom is 0.403 e. The van der Waals surface area contributed by atoms with Crippen molar-refractivity contribution in [2.45, 2.75) is 6.61 Å². The molecule has 1 heterocycles. The highest BCUT2D eigenvalue weighted by Crippen LogP contribution is 2.25. The number of hydrogen-bond acceptors (Lipinski definition) is 4. The fraction of sp³-hybridized carbons (Fsp3) is 0.0667. The van der Waals surface area contributed by atoms with Crippen molar-refractivity contribution in [3.8, 4) is 17.1 Å². The lowest BCUT2D eigenvalue weighted by molar-refractivity contribution is -0.793. The van der Waals surface area contributed by atoms with Crippen LogP contribution in [0.4, 0.5) is 0 Å². The third kappa shape index (κ3) is 2.47. The Morgan fingerprint density at radius 1 is 1.00 bits per heavy atom. The summed E-state index contributed by atoms with van der Waals surface area (Å²) in [6.45, 7) is 0.327. The highest BCUT2D eigenvalue weighted by molar-refractivity contribution is 5.60. The van der Waals surface area contributed by atoms with Crippen molar-refractivity contribution >= 4 is 0 Å². The van der Waals surface area contributed by atoms with Crippen LogP contribution in [0.3, 0.4) is 0 Å². The van der Waals surface area contributed by atoms with Gasteiger partial charge in [-0.1, -0.05) is 60.7 Å². The number of benzene rings is 2. The molecule has 0 unspecified atom stereocenters. The van der Waals surface area contributed by atoms with Crippen molar-refractivity contribution in [1.82, 2.24) is 5.16 Å². The maximum absolute atomic E-state index is 11.7. The molecule has 5 nitrogen and oxygen atoms in total. The number of rotatable bonds is 4. The second-order valence-corrected chi connectivity index (χ2v) is 4.22. The van der Waals surface area contributed by atoms with Gasteiger partial charge in [0.05, 0.1) is 5.16 Å². The second kappa shape index (κ2) is 5.44. The lowest BCUT2D eigenvalue weighted by atomic mass is 10.2. The number of aromatic nitrogens is 2. The van der Waals surface area contributed by atoms with Crippen LogP contribution in [0, 0.1) is 5.21 Å². The first-order chi connectivity index (χ1) is 9.84. The summed E-state index contributed by atoms with van der Waals surface area (Å²) in [5.41, 5.74) is 1.97. The van der Waals surface area contributed by atoms with Crippen molar-refractivity contribution in [3.05, 3.63) is 71.4 Å². The molecule has 3 aromatic rings. The van der Waals surface area contributed by atoms with Crippen LogP contribution in [0.15, 0.2) is 65.3 Å². The van der Waals surface area contributed by atoms with Gasteiger partial charge < -0.3 is 9.94 Å². The first kappa shape index (κ1) is 12.2. The van der Waals surface area contributed by atoms with E-state index in [1.165, 1.54) is 0 Å². The molecular formula is C15H12N2O3. The Kier molecular flexibility index (Phi) is 3.33. The Bertz CT molecular complexity index is 681. The van der Waals surface area contributed by atoms with Crippen molar-refractivity contribution in [1.29, 1.82) is 0 Å². The molecule has 3 rings (SSSR count). The predicted octanol–water partition coefficient (Wildman–Crippen LogP) is 2.55. The van der Waals surface area contributed by atoms with Gasteiger partial charge in [-0.05, 0) is 10.5 Å². The summed E-state index contributed by atoms with van der Waals surface area (Å²) in [5.74, 6) is 0.190. The van der Waals surface area contributed by atoms with Crippen LogP contribution in [0.2, 0.25) is 0 Å². The fourth-order valence-corrected chi connectivity index (χ4v) is 1.88. The van der Waals surface area contributed by atoms with E-state index in [-0.39, 0.29) is 11.6 Å². The third-order valence-electron chi connectivity index (χ3n) is 2.85. The maximum atomic E-state index is 11.7. The van der Waals surface area contributed by atoms with E-state index in [1.807, 2.05) is 48.5 Å². The second-order valence-electron chi connectivity index (χ2n) is 4.22. The van der Waals surface area contributed by atoms with Crippen LogP contribution in [-0.4, -0.2) is 5.16 Å². The average molecular weight is 268 g/mol. The smallest absolute Gasteiger partial charge is 0.403 e. The predicted molar refractivity (Wildman–Crippen MR) is 71.7 cm³/mol. The molecule has 0 saturated carbocycles. The molecular weight excluding hydrogens is 256 g/mol. The zero-order chi connectivity index (χ0) is 13.8. The topological polar surface area (TPSA) is 62.2 Å². The van der Waals surface area contributed by atoms with E-state index in [9.17, 15) is 5.21 Å². The molecule has 0 aliphatic rings. The van der Waals surface area contributed by atoms with Gasteiger partial charge >= 0.3 is 5.88 Å². The molecule has 0 aliphatic heterocycles. The lowest BCUT2D eigenvalue weighted by Gasteiger charge is -2.02. The standard InChI is InChI=1S/C15H12N2O3/c18-17-14(13-9-5-2-6-10-13)15(16-20-17)19-11-12-7-3-1-4-8-12/h1-10H,11H2. The molecule has 0 N–H and O–H groups in total. The van der Waals surface area contributed by atoms with E-state index < -0.39 is 0 Å². The van der Waals surface area contributed by atoms with Gasteiger partial charge in [0.2, 0.25) is 0 Å². The van der Waals surface area contributed by atoms with Crippen LogP contribution in [0.25, 0.3) is 11.3 Å². The van der Waals surface area contributed by atoms with Crippen molar-refractivity contribution in [3.63, 3.8) is 0 Å². The van der Waals surface area contributed by atoms with Crippen molar-refractivity contribution in [2.24, 2.45) is 0 Å². The molecule has 0 amide bonds. The Labute approximate surface area is 115 Å². The molecule has 5 heteroatoms. The molecule has 0 bridgehead atoms. The van der Waals surface area contributed by atoms with Gasteiger partial charge in [-0.15, -0.1) is 0 Å². The summed E-state index contributed by atoms with van der Waals surface area (Å²) in [7, 11) is 0. The first-order valence-corrected chi connectivity index (χ1v) is 6.16. The number of nitrogens with zero attached hydrogens (tertiary/aromatic N) is 2. The van der Waals surface area contributed by atoms with E-state index in [2.05, 4.69) is 9.79 Å². The minimum atomic E-state index is 0.190. The SMILES string of the molecule is [O-][n+]1onc(OCc2ccccc2)c1-c1ccccc1. The number of hydrogen-bond donors (Lipinski definition) is 0. The summed E-state index contributed by atoms with van der Waals surface area (Å²) in [6.07, 6.45) is 0. The molecule has 0 atom stereocenters. The van der Waals surface area contributed by atoms with Crippen molar-refractivity contribution in [2.75, 3.05) is 0 Å². The monoisotopic (exact) mass is 268 g/mol. The molecule has 1 aromatic heterocycles. The third-order valence-corrected chi connectivity index (χ3v) is 2.85. The molecule has 0 spiro atoms. The van der Waals surface area contributed by atoms with E-state index >= 15 is 0 Å². The Hall–Kier alpha value is -2.82. The highest BCUT2D eigenvalue weighted by Gasteiger charge is 2.22. The summed E-state index contributed by atoms with van der Waals surface area (Å²) >= 11 is 0. The van der Waals surface area contributed by atoms with Gasteiger partial charge in [-0.2, -0.15) is 0 Å². The fourth-order valence-electron chi connectivity index (χ4n) is 1.88. The molecule has 0 radical (unpaired) electrons. The minimum Gasteiger partial charge on any atom is -0.450 e. The summed E-state index contributed by atoms with van der Waals surface area (Å²) in [6, 6.07) is 18.8. The summed E-state index contributed by atoms with van der Waals surface area (Å²) in [5, 5.41) is 15.3. The normalized spacial score (nSPS) is 10.4. The molecule has 0 fully saturated rings. The first-order valence-electron chi connectivity index (χ1n) is 6.16. The van der Waals surface area contributed by atoms with Crippen LogP contribution in [0.5, 0.6) is 5.88 Å². The van der Waals surface area contributed by atoms with Crippen LogP contribution in [0.1, 0.15) is 5.56 Å². The van der Waals surface area contributed by atoms with Gasteiger partial charge in [-0.3, -0.25) is 4.63 Å². The quantitative estimate of drug-likeness (QED) is 0.682. The molecule has 0 saturated heterocycles. The van der Waals surface area contributed by atoms with E-state index in [4.69, 9.17) is 4.74 Å². The molecule has 0 aliphatic carbocycles. The van der Waals surface area contributed by atoms with E-state index in [0.717, 1.165) is 5.56 Å². The Morgan fingerprint density at radius 2 is 1.65 bits per heavy atom. The molecule has 2 aromatic carbocycles. The van der Waals surface area contributed by atoms with E-state index in [0.29, 0.717) is 17.1 Å². The van der Waals surface area contributed by atoms with Gasteiger partial charge in [-0.25, -0.2) is 0 Å².